The predicted molar refractivity (Wildman–Crippen MR) is 268 cm³/mol. The van der Waals surface area contributed by atoms with Crippen molar-refractivity contribution in [2.45, 2.75) is 0 Å². The Balaban J connectivity index is 0.894. The van der Waals surface area contributed by atoms with Gasteiger partial charge < -0.3 is 4.42 Å². The van der Waals surface area contributed by atoms with Crippen LogP contribution in [0.25, 0.3) is 131 Å². The molecule has 0 aliphatic heterocycles. The molecular weight excluding hydrogens is 799 g/mol. The summed E-state index contributed by atoms with van der Waals surface area (Å²) in [5.74, 6) is 1.89. The van der Waals surface area contributed by atoms with E-state index in [2.05, 4.69) is 182 Å². The molecule has 4 nitrogen and oxygen atoms in total. The fourth-order valence-corrected chi connectivity index (χ4v) is 10.5. The zero-order valence-electron chi connectivity index (χ0n) is 34.4. The van der Waals surface area contributed by atoms with Gasteiger partial charge in [-0.25, -0.2) is 15.0 Å². The third kappa shape index (κ3) is 6.17. The number of fused-ring (bicyclic) bond motifs is 8. The molecule has 0 fully saturated rings. The van der Waals surface area contributed by atoms with Crippen molar-refractivity contribution in [2.75, 3.05) is 0 Å². The highest BCUT2D eigenvalue weighted by atomic mass is 32.1. The molecule has 5 heteroatoms. The maximum Gasteiger partial charge on any atom is 0.164 e. The summed E-state index contributed by atoms with van der Waals surface area (Å²) in [5, 5.41) is 9.51. The Morgan fingerprint density at radius 3 is 1.75 bits per heavy atom. The molecule has 0 saturated heterocycles. The van der Waals surface area contributed by atoms with E-state index in [1.807, 2.05) is 41.7 Å². The van der Waals surface area contributed by atoms with Crippen LogP contribution >= 0.6 is 11.3 Å². The Kier molecular flexibility index (Phi) is 8.36. The lowest BCUT2D eigenvalue weighted by Gasteiger charge is -2.11. The number of aromatic nitrogens is 3. The minimum atomic E-state index is 0.624. The molecule has 0 radical (unpaired) electrons. The quantitative estimate of drug-likeness (QED) is 0.167. The summed E-state index contributed by atoms with van der Waals surface area (Å²) in [7, 11) is 0. The van der Waals surface area contributed by atoms with Crippen molar-refractivity contribution in [2.24, 2.45) is 0 Å². The third-order valence-electron chi connectivity index (χ3n) is 12.5. The van der Waals surface area contributed by atoms with Gasteiger partial charge in [-0.3, -0.25) is 0 Å². The molecular formula is C59H35N3OS. The van der Waals surface area contributed by atoms with E-state index in [9.17, 15) is 0 Å². The zero-order chi connectivity index (χ0) is 42.1. The van der Waals surface area contributed by atoms with Gasteiger partial charge in [-0.05, 0) is 97.4 Å². The fourth-order valence-electron chi connectivity index (χ4n) is 9.33. The van der Waals surface area contributed by atoms with Gasteiger partial charge in [0.05, 0.1) is 0 Å². The monoisotopic (exact) mass is 833 g/mol. The number of thiophene rings is 1. The first-order valence-electron chi connectivity index (χ1n) is 21.5. The van der Waals surface area contributed by atoms with Crippen LogP contribution in [-0.4, -0.2) is 15.0 Å². The van der Waals surface area contributed by atoms with E-state index in [1.54, 1.807) is 0 Å². The SMILES string of the molecule is c1ccc(-c2nc(-c3ccc(-c4cccc5ccccc45)cc3)nc(-c3ccc4ccc(-c5cccc6oc7ccc(-c8ccc9c(c8)sc8ccccc89)cc7c56)cc4c3)n2)cc1. The number of benzene rings is 10. The van der Waals surface area contributed by atoms with E-state index in [1.165, 1.54) is 47.6 Å². The van der Waals surface area contributed by atoms with Crippen LogP contribution < -0.4 is 0 Å². The fraction of sp³-hybridized carbons (Fsp3) is 0. The van der Waals surface area contributed by atoms with Crippen LogP contribution in [0.3, 0.4) is 0 Å². The summed E-state index contributed by atoms with van der Waals surface area (Å²) in [6.45, 7) is 0. The third-order valence-corrected chi connectivity index (χ3v) is 13.7. The number of rotatable bonds is 6. The maximum atomic E-state index is 6.50. The van der Waals surface area contributed by atoms with Gasteiger partial charge in [-0.1, -0.05) is 170 Å². The second-order valence-electron chi connectivity index (χ2n) is 16.4. The van der Waals surface area contributed by atoms with Crippen molar-refractivity contribution in [3.05, 3.63) is 212 Å². The van der Waals surface area contributed by atoms with Gasteiger partial charge in [0, 0.05) is 47.6 Å². The second kappa shape index (κ2) is 14.7. The van der Waals surface area contributed by atoms with Crippen molar-refractivity contribution in [3.63, 3.8) is 0 Å². The van der Waals surface area contributed by atoms with E-state index in [0.29, 0.717) is 17.5 Å². The Labute approximate surface area is 372 Å². The smallest absolute Gasteiger partial charge is 0.164 e. The minimum Gasteiger partial charge on any atom is -0.456 e. The molecule has 0 aliphatic rings. The molecule has 0 aliphatic carbocycles. The normalized spacial score (nSPS) is 11.8. The lowest BCUT2D eigenvalue weighted by molar-refractivity contribution is 0.669. The number of furan rings is 1. The van der Waals surface area contributed by atoms with Gasteiger partial charge in [0.1, 0.15) is 11.2 Å². The number of hydrogen-bond donors (Lipinski definition) is 0. The van der Waals surface area contributed by atoms with Crippen LogP contribution in [0.4, 0.5) is 0 Å². The van der Waals surface area contributed by atoms with Gasteiger partial charge in [0.15, 0.2) is 17.5 Å². The average Bonchev–Trinajstić information content (AvgIpc) is 3.94. The summed E-state index contributed by atoms with van der Waals surface area (Å²) < 4.78 is 9.11. The highest BCUT2D eigenvalue weighted by molar-refractivity contribution is 7.25. The van der Waals surface area contributed by atoms with Crippen LogP contribution in [0.15, 0.2) is 217 Å². The highest BCUT2D eigenvalue weighted by Gasteiger charge is 2.17. The van der Waals surface area contributed by atoms with Crippen molar-refractivity contribution in [1.29, 1.82) is 0 Å². The van der Waals surface area contributed by atoms with Crippen LogP contribution in [0.5, 0.6) is 0 Å². The molecule has 3 heterocycles. The van der Waals surface area contributed by atoms with Crippen LogP contribution in [0.2, 0.25) is 0 Å². The molecule has 0 N–H and O–H groups in total. The first-order chi connectivity index (χ1) is 31.7. The molecule has 13 aromatic rings. The first kappa shape index (κ1) is 36.4. The molecule has 298 valence electrons. The maximum absolute atomic E-state index is 6.50. The molecule has 0 atom stereocenters. The molecule has 13 rings (SSSR count). The Morgan fingerprint density at radius 2 is 0.891 bits per heavy atom. The standard InChI is InChI=1S/C59H35N3OS/c1-2-11-39(12-3-1)57-60-58(40-24-22-38(23-25-40)47-16-8-13-37-10-4-5-14-46(37)47)62-59(61-57)44-27-21-36-20-26-43(32-45(36)33-44)48-17-9-18-53-56(48)51-34-41(29-31-52(51)63-53)42-28-30-50-49-15-6-7-19-54(49)64-55(50)35-42/h1-35H. The minimum absolute atomic E-state index is 0.624. The van der Waals surface area contributed by atoms with E-state index in [0.717, 1.165) is 66.1 Å². The lowest BCUT2D eigenvalue weighted by Crippen LogP contribution is -2.00. The predicted octanol–water partition coefficient (Wildman–Crippen LogP) is 16.4. The Hall–Kier alpha value is -8.25. The summed E-state index contributed by atoms with van der Waals surface area (Å²) in [6, 6.07) is 75.3. The molecule has 64 heavy (non-hydrogen) atoms. The molecule has 0 spiro atoms. The second-order valence-corrected chi connectivity index (χ2v) is 17.4. The van der Waals surface area contributed by atoms with Gasteiger partial charge in [0.2, 0.25) is 0 Å². The van der Waals surface area contributed by atoms with Crippen molar-refractivity contribution in [1.82, 2.24) is 15.0 Å². The summed E-state index contributed by atoms with van der Waals surface area (Å²) in [4.78, 5) is 15.2. The molecule has 0 saturated carbocycles. The van der Waals surface area contributed by atoms with Gasteiger partial charge in [-0.2, -0.15) is 0 Å². The van der Waals surface area contributed by atoms with Crippen LogP contribution in [0, 0.1) is 0 Å². The van der Waals surface area contributed by atoms with Gasteiger partial charge in [0.25, 0.3) is 0 Å². The zero-order valence-corrected chi connectivity index (χ0v) is 35.2. The summed E-state index contributed by atoms with van der Waals surface area (Å²) in [6.07, 6.45) is 0. The number of hydrogen-bond acceptors (Lipinski definition) is 5. The molecule has 0 bridgehead atoms. The number of nitrogens with zero attached hydrogens (tertiary/aromatic N) is 3. The Bertz CT molecular complexity index is 3960. The van der Waals surface area contributed by atoms with Crippen LogP contribution in [-0.2, 0) is 0 Å². The van der Waals surface area contributed by atoms with Crippen LogP contribution in [0.1, 0.15) is 0 Å². The van der Waals surface area contributed by atoms with Crippen molar-refractivity contribution in [3.8, 4) is 67.5 Å². The molecule has 3 aromatic heterocycles. The van der Waals surface area contributed by atoms with E-state index in [-0.39, 0.29) is 0 Å². The van der Waals surface area contributed by atoms with E-state index in [4.69, 9.17) is 19.4 Å². The van der Waals surface area contributed by atoms with E-state index >= 15 is 0 Å². The topological polar surface area (TPSA) is 51.8 Å². The van der Waals surface area contributed by atoms with Gasteiger partial charge >= 0.3 is 0 Å². The molecule has 0 amide bonds. The highest BCUT2D eigenvalue weighted by Crippen LogP contribution is 2.41. The Morgan fingerprint density at radius 1 is 0.297 bits per heavy atom. The largest absolute Gasteiger partial charge is 0.456 e. The summed E-state index contributed by atoms with van der Waals surface area (Å²) >= 11 is 1.85. The van der Waals surface area contributed by atoms with Crippen molar-refractivity contribution >= 4 is 75.0 Å². The van der Waals surface area contributed by atoms with Crippen molar-refractivity contribution < 1.29 is 4.42 Å². The molecule has 10 aromatic carbocycles. The molecule has 0 unspecified atom stereocenters. The average molecular weight is 834 g/mol. The van der Waals surface area contributed by atoms with Gasteiger partial charge in [-0.15, -0.1) is 11.3 Å². The lowest BCUT2D eigenvalue weighted by atomic mass is 9.95. The van der Waals surface area contributed by atoms with E-state index < -0.39 is 0 Å². The summed E-state index contributed by atoms with van der Waals surface area (Å²) in [5.41, 5.74) is 11.5. The first-order valence-corrected chi connectivity index (χ1v) is 22.3.